The summed E-state index contributed by atoms with van der Waals surface area (Å²) in [5.74, 6) is -0.211. The third-order valence-electron chi connectivity index (χ3n) is 10.0. The summed E-state index contributed by atoms with van der Waals surface area (Å²) in [7, 11) is 0. The van der Waals surface area contributed by atoms with Crippen molar-refractivity contribution in [2.45, 2.75) is 86.8 Å². The fraction of sp³-hybridized carbons (Fsp3) is 0.417. The highest BCUT2D eigenvalue weighted by Gasteiger charge is 2.57. The van der Waals surface area contributed by atoms with Crippen LogP contribution in [0, 0.1) is 11.7 Å². The van der Waals surface area contributed by atoms with Gasteiger partial charge in [-0.15, -0.1) is 0 Å². The molecule has 1 aliphatic heterocycles. The Morgan fingerprint density at radius 1 is 0.816 bits per heavy atom. The van der Waals surface area contributed by atoms with Gasteiger partial charge in [-0.25, -0.2) is 9.37 Å². The molecule has 8 N–H and O–H groups in total. The molecule has 1 amide bonds. The van der Waals surface area contributed by atoms with E-state index in [1.807, 2.05) is 36.4 Å². The van der Waals surface area contributed by atoms with Gasteiger partial charge in [-0.1, -0.05) is 48.5 Å². The number of nitrogens with zero attached hydrogens (tertiary/aromatic N) is 3. The Bertz CT molecular complexity index is 1670. The van der Waals surface area contributed by atoms with E-state index in [0.29, 0.717) is 30.7 Å². The van der Waals surface area contributed by atoms with Crippen molar-refractivity contribution in [3.63, 3.8) is 0 Å². The molecule has 12 nitrogen and oxygen atoms in total. The molecule has 1 aromatic heterocycles. The van der Waals surface area contributed by atoms with Crippen molar-refractivity contribution in [3.05, 3.63) is 113 Å². The molecule has 1 unspecified atom stereocenters. The molecule has 6 rings (SSSR count). The molecule has 1 saturated carbocycles. The van der Waals surface area contributed by atoms with Crippen molar-refractivity contribution in [2.24, 2.45) is 5.92 Å². The number of anilines is 1. The standard InChI is InChI=1S/C36H41FN4O8/c37-24-10-8-22(9-11-24)27(42)15-14-26-29(41(35(26)48)25-12-3-20(4-13-25)5-16-28-38-19-39-40-28)23-6-1-21(2-7-23)17-18-36(49)33(46)31(44)30(43)32(45)34(36)47/h1-4,6-13,19,26-27,29-34,42-47,49H,5,14-18H2,(H,38,39,40)/t26-,27+,29-,30-,31-,32+,33+,34-,36?/m1/s1. The van der Waals surface area contributed by atoms with Crippen LogP contribution in [0.3, 0.4) is 0 Å². The van der Waals surface area contributed by atoms with Crippen LogP contribution < -0.4 is 4.90 Å². The largest absolute Gasteiger partial charge is 0.388 e. The minimum Gasteiger partial charge on any atom is -0.388 e. The summed E-state index contributed by atoms with van der Waals surface area (Å²) >= 11 is 0. The highest BCUT2D eigenvalue weighted by molar-refractivity contribution is 6.03. The van der Waals surface area contributed by atoms with Crippen molar-refractivity contribution >= 4 is 11.6 Å². The number of carbonyl (C=O) groups is 1. The lowest BCUT2D eigenvalue weighted by Crippen LogP contribution is -2.70. The number of nitrogens with one attached hydrogen (secondary N) is 1. The van der Waals surface area contributed by atoms with E-state index >= 15 is 0 Å². The summed E-state index contributed by atoms with van der Waals surface area (Å²) < 4.78 is 13.4. The number of aliphatic hydroxyl groups excluding tert-OH is 6. The number of β-lactam (4-membered cyclic amide) rings is 1. The Labute approximate surface area is 282 Å². The summed E-state index contributed by atoms with van der Waals surface area (Å²) in [4.78, 5) is 19.6. The summed E-state index contributed by atoms with van der Waals surface area (Å²) in [6, 6.07) is 20.3. The SMILES string of the molecule is O=C1[C@H](CC[C@H](O)c2ccc(F)cc2)[C@@H](c2ccc(CCC3(O)[C@H](O)[C@@H](O)[C@H](O)[C@@H](O)[C@@H]3O)cc2)N1c1ccc(CCc2nc[nH]n2)cc1. The molecule has 9 atom stereocenters. The van der Waals surface area contributed by atoms with Crippen molar-refractivity contribution in [3.8, 4) is 0 Å². The lowest BCUT2D eigenvalue weighted by Gasteiger charge is -2.48. The van der Waals surface area contributed by atoms with Crippen LogP contribution in [0.5, 0.6) is 0 Å². The van der Waals surface area contributed by atoms with Gasteiger partial charge in [0.1, 0.15) is 48.3 Å². The van der Waals surface area contributed by atoms with Crippen LogP contribution in [0.25, 0.3) is 0 Å². The fourth-order valence-corrected chi connectivity index (χ4v) is 6.99. The van der Waals surface area contributed by atoms with Gasteiger partial charge in [-0.2, -0.15) is 5.10 Å². The Morgan fingerprint density at radius 3 is 2.04 bits per heavy atom. The highest BCUT2D eigenvalue weighted by Crippen LogP contribution is 2.46. The highest BCUT2D eigenvalue weighted by atomic mass is 19.1. The molecule has 260 valence electrons. The first-order chi connectivity index (χ1) is 23.5. The normalized spacial score (nSPS) is 29.1. The van der Waals surface area contributed by atoms with Gasteiger partial charge >= 0.3 is 0 Å². The zero-order valence-corrected chi connectivity index (χ0v) is 26.6. The number of benzene rings is 3. The first kappa shape index (κ1) is 34.8. The van der Waals surface area contributed by atoms with Gasteiger partial charge in [0, 0.05) is 12.1 Å². The van der Waals surface area contributed by atoms with Gasteiger partial charge in [0.2, 0.25) is 5.91 Å². The van der Waals surface area contributed by atoms with E-state index in [4.69, 9.17) is 0 Å². The molecule has 13 heteroatoms. The maximum Gasteiger partial charge on any atom is 0.233 e. The topological polar surface area (TPSA) is 203 Å². The van der Waals surface area contributed by atoms with Gasteiger partial charge in [0.05, 0.1) is 18.1 Å². The van der Waals surface area contributed by atoms with E-state index in [1.165, 1.54) is 30.6 Å². The summed E-state index contributed by atoms with van der Waals surface area (Å²) in [5.41, 5.74) is 1.65. The molecular weight excluding hydrogens is 635 g/mol. The molecule has 3 aromatic carbocycles. The minimum atomic E-state index is -2.26. The molecule has 2 aliphatic rings. The van der Waals surface area contributed by atoms with E-state index in [1.54, 1.807) is 17.0 Å². The number of H-pyrrole nitrogens is 1. The molecule has 0 radical (unpaired) electrons. The van der Waals surface area contributed by atoms with Crippen LogP contribution in [0.1, 0.15) is 59.5 Å². The molecular formula is C36H41FN4O8. The van der Waals surface area contributed by atoms with Gasteiger partial charge in [-0.3, -0.25) is 9.89 Å². The number of aryl methyl sites for hydroxylation is 3. The van der Waals surface area contributed by atoms with Crippen LogP contribution in [-0.4, -0.2) is 93.0 Å². The number of aromatic amines is 1. The van der Waals surface area contributed by atoms with E-state index in [-0.39, 0.29) is 24.8 Å². The second kappa shape index (κ2) is 14.4. The second-order valence-corrected chi connectivity index (χ2v) is 13.1. The molecule has 1 aliphatic carbocycles. The van der Waals surface area contributed by atoms with Crippen molar-refractivity contribution in [2.75, 3.05) is 4.90 Å². The molecule has 49 heavy (non-hydrogen) atoms. The third kappa shape index (κ3) is 7.01. The van der Waals surface area contributed by atoms with Crippen molar-refractivity contribution in [1.82, 2.24) is 15.2 Å². The molecule has 1 saturated heterocycles. The predicted octanol–water partition coefficient (Wildman–Crippen LogP) is 1.43. The van der Waals surface area contributed by atoms with Crippen LogP contribution in [0.2, 0.25) is 0 Å². The number of aromatic nitrogens is 3. The molecule has 0 spiro atoms. The van der Waals surface area contributed by atoms with Gasteiger partial charge in [0.25, 0.3) is 0 Å². The Hall–Kier alpha value is -4.08. The van der Waals surface area contributed by atoms with E-state index in [2.05, 4.69) is 15.2 Å². The Kier molecular flexibility index (Phi) is 10.2. The smallest absolute Gasteiger partial charge is 0.233 e. The van der Waals surface area contributed by atoms with Crippen LogP contribution in [0.15, 0.2) is 79.1 Å². The third-order valence-corrected chi connectivity index (χ3v) is 10.0. The number of hydrogen-bond donors (Lipinski definition) is 8. The van der Waals surface area contributed by atoms with Gasteiger partial charge in [-0.05, 0) is 78.6 Å². The molecule has 4 aromatic rings. The number of hydrogen-bond acceptors (Lipinski definition) is 10. The first-order valence-corrected chi connectivity index (χ1v) is 16.4. The fourth-order valence-electron chi connectivity index (χ4n) is 6.99. The van der Waals surface area contributed by atoms with Gasteiger partial charge in [0.15, 0.2) is 5.82 Å². The van der Waals surface area contributed by atoms with Crippen LogP contribution >= 0.6 is 0 Å². The molecule has 2 fully saturated rings. The van der Waals surface area contributed by atoms with Crippen molar-refractivity contribution < 1.29 is 44.9 Å². The van der Waals surface area contributed by atoms with E-state index in [0.717, 1.165) is 28.8 Å². The number of amides is 1. The maximum atomic E-state index is 13.7. The maximum absolute atomic E-state index is 13.7. The second-order valence-electron chi connectivity index (χ2n) is 13.1. The monoisotopic (exact) mass is 676 g/mol. The van der Waals surface area contributed by atoms with Crippen molar-refractivity contribution in [1.29, 1.82) is 0 Å². The number of halogens is 1. The lowest BCUT2D eigenvalue weighted by molar-refractivity contribution is -0.269. The van der Waals surface area contributed by atoms with Crippen LogP contribution in [0.4, 0.5) is 10.1 Å². The number of aliphatic hydroxyl groups is 7. The van der Waals surface area contributed by atoms with E-state index in [9.17, 15) is 44.9 Å². The zero-order chi connectivity index (χ0) is 34.9. The number of carbonyl (C=O) groups excluding carboxylic acids is 1. The molecule has 0 bridgehead atoms. The summed E-state index contributed by atoms with van der Waals surface area (Å²) in [5, 5.41) is 79.6. The minimum absolute atomic E-state index is 0.0874. The average Bonchev–Trinajstić information content (AvgIpc) is 3.65. The summed E-state index contributed by atoms with van der Waals surface area (Å²) in [6.07, 6.45) is -6.57. The molecule has 2 heterocycles. The van der Waals surface area contributed by atoms with Crippen LogP contribution in [-0.2, 0) is 24.1 Å². The Balaban J connectivity index is 1.18. The number of rotatable bonds is 12. The van der Waals surface area contributed by atoms with Gasteiger partial charge < -0.3 is 40.6 Å². The first-order valence-electron chi connectivity index (χ1n) is 16.4. The average molecular weight is 677 g/mol. The lowest BCUT2D eigenvalue weighted by atomic mass is 9.72. The quantitative estimate of drug-likeness (QED) is 0.101. The summed E-state index contributed by atoms with van der Waals surface area (Å²) in [6.45, 7) is 0. The van der Waals surface area contributed by atoms with E-state index < -0.39 is 54.0 Å². The Morgan fingerprint density at radius 2 is 1.43 bits per heavy atom. The zero-order valence-electron chi connectivity index (χ0n) is 26.6. The predicted molar refractivity (Wildman–Crippen MR) is 174 cm³/mol.